The molecule has 1 aromatic heterocycles. The average Bonchev–Trinajstić information content (AvgIpc) is 3.18. The van der Waals surface area contributed by atoms with Gasteiger partial charge in [0.05, 0.1) is 11.7 Å². The van der Waals surface area contributed by atoms with E-state index in [1.165, 1.54) is 11.4 Å². The highest BCUT2D eigenvalue weighted by atomic mass is 32.2. The van der Waals surface area contributed by atoms with Crippen molar-refractivity contribution in [2.45, 2.75) is 51.7 Å². The zero-order valence-corrected chi connectivity index (χ0v) is 15.2. The molecule has 3 heterocycles. The molecule has 0 unspecified atom stereocenters. The van der Waals surface area contributed by atoms with Gasteiger partial charge in [0.2, 0.25) is 5.91 Å². The smallest absolute Gasteiger partial charge is 0.280 e. The number of hydrogen-bond acceptors (Lipinski definition) is 4. The van der Waals surface area contributed by atoms with Crippen LogP contribution in [-0.4, -0.2) is 59.5 Å². The van der Waals surface area contributed by atoms with Crippen LogP contribution in [-0.2, 0) is 21.5 Å². The Kier molecular flexibility index (Phi) is 4.67. The minimum atomic E-state index is -3.70. The maximum atomic E-state index is 12.8. The van der Waals surface area contributed by atoms with Crippen molar-refractivity contribution < 1.29 is 13.2 Å². The molecule has 2 saturated heterocycles. The molecule has 2 aliphatic heterocycles. The predicted octanol–water partition coefficient (Wildman–Crippen LogP) is 0.413. The largest absolute Gasteiger partial charge is 0.341 e. The molecule has 0 spiro atoms. The number of carbonyl (C=O) groups excluding carboxylic acids is 1. The number of aryl methyl sites for hydroxylation is 2. The van der Waals surface area contributed by atoms with Crippen molar-refractivity contribution in [3.63, 3.8) is 0 Å². The molecule has 0 aromatic carbocycles. The number of carbonyl (C=O) groups is 1. The van der Waals surface area contributed by atoms with Crippen LogP contribution >= 0.6 is 0 Å². The quantitative estimate of drug-likeness (QED) is 0.851. The predicted molar refractivity (Wildman–Crippen MR) is 89.4 cm³/mol. The lowest BCUT2D eigenvalue weighted by Gasteiger charge is -2.37. The summed E-state index contributed by atoms with van der Waals surface area (Å²) < 4.78 is 30.6. The summed E-state index contributed by atoms with van der Waals surface area (Å²) in [6, 6.07) is -1.09. The molecule has 9 heteroatoms. The molecule has 1 aromatic rings. The van der Waals surface area contributed by atoms with E-state index in [0.29, 0.717) is 19.5 Å². The lowest BCUT2D eigenvalue weighted by molar-refractivity contribution is -0.134. The summed E-state index contributed by atoms with van der Waals surface area (Å²) in [4.78, 5) is 14.6. The van der Waals surface area contributed by atoms with E-state index in [0.717, 1.165) is 30.6 Å². The first-order valence-corrected chi connectivity index (χ1v) is 9.85. The second-order valence-corrected chi connectivity index (χ2v) is 8.26. The maximum absolute atomic E-state index is 12.8. The zero-order chi connectivity index (χ0) is 17.5. The monoisotopic (exact) mass is 355 g/mol. The number of likely N-dealkylation sites (tertiary alicyclic amines) is 1. The van der Waals surface area contributed by atoms with Gasteiger partial charge in [0.1, 0.15) is 6.04 Å². The van der Waals surface area contributed by atoms with Crippen LogP contribution < -0.4 is 4.72 Å². The van der Waals surface area contributed by atoms with Gasteiger partial charge < -0.3 is 4.90 Å². The molecule has 1 N–H and O–H groups in total. The maximum Gasteiger partial charge on any atom is 0.280 e. The Bertz CT molecular complexity index is 723. The van der Waals surface area contributed by atoms with Gasteiger partial charge in [-0.25, -0.2) is 0 Å². The van der Waals surface area contributed by atoms with Crippen molar-refractivity contribution in [2.24, 2.45) is 0 Å². The first-order valence-electron chi connectivity index (χ1n) is 8.41. The minimum absolute atomic E-state index is 0.0920. The number of rotatable bonds is 3. The van der Waals surface area contributed by atoms with Crippen LogP contribution in [0.25, 0.3) is 0 Å². The average molecular weight is 355 g/mol. The second-order valence-electron chi connectivity index (χ2n) is 6.50. The first-order chi connectivity index (χ1) is 11.3. The number of aromatic nitrogens is 2. The Labute approximate surface area is 143 Å². The number of amides is 1. The van der Waals surface area contributed by atoms with Gasteiger partial charge in [0.15, 0.2) is 0 Å². The fourth-order valence-corrected chi connectivity index (χ4v) is 4.74. The summed E-state index contributed by atoms with van der Waals surface area (Å²) >= 11 is 0. The van der Waals surface area contributed by atoms with Crippen molar-refractivity contribution in [2.75, 3.05) is 20.1 Å². The van der Waals surface area contributed by atoms with E-state index < -0.39 is 22.3 Å². The number of nitrogens with zero attached hydrogens (tertiary/aromatic N) is 4. The normalized spacial score (nSPS) is 27.5. The van der Waals surface area contributed by atoms with Gasteiger partial charge in [0.25, 0.3) is 10.2 Å². The lowest BCUT2D eigenvalue weighted by atomic mass is 10.00. The highest BCUT2D eigenvalue weighted by Crippen LogP contribution is 2.30. The summed E-state index contributed by atoms with van der Waals surface area (Å²) in [5.41, 5.74) is 1.63. The summed E-state index contributed by atoms with van der Waals surface area (Å²) in [5, 5.41) is 4.39. The van der Waals surface area contributed by atoms with Crippen LogP contribution in [0, 0.1) is 6.92 Å². The van der Waals surface area contributed by atoms with Crippen molar-refractivity contribution in [1.29, 1.82) is 0 Å². The van der Waals surface area contributed by atoms with Crippen molar-refractivity contribution in [3.8, 4) is 0 Å². The SMILES string of the molecule is CCn1cc([C@@H]2C[C@@H](C(=O)N3CCCC3)N(C)S(=O)(=O)N2)c(C)n1. The Morgan fingerprint density at radius 2 is 2.04 bits per heavy atom. The van der Waals surface area contributed by atoms with E-state index >= 15 is 0 Å². The Morgan fingerprint density at radius 3 is 2.62 bits per heavy atom. The lowest BCUT2D eigenvalue weighted by Crippen LogP contribution is -2.57. The highest BCUT2D eigenvalue weighted by molar-refractivity contribution is 7.87. The molecule has 24 heavy (non-hydrogen) atoms. The second kappa shape index (κ2) is 6.45. The van der Waals surface area contributed by atoms with Gasteiger partial charge in [-0.2, -0.15) is 22.5 Å². The van der Waals surface area contributed by atoms with Crippen LogP contribution in [0.2, 0.25) is 0 Å². The Morgan fingerprint density at radius 1 is 1.38 bits per heavy atom. The third-order valence-corrected chi connectivity index (χ3v) is 6.55. The van der Waals surface area contributed by atoms with Crippen LogP contribution in [0.1, 0.15) is 43.5 Å². The minimum Gasteiger partial charge on any atom is -0.341 e. The summed E-state index contributed by atoms with van der Waals surface area (Å²) in [5.74, 6) is -0.0920. The van der Waals surface area contributed by atoms with Crippen molar-refractivity contribution in [3.05, 3.63) is 17.5 Å². The van der Waals surface area contributed by atoms with Gasteiger partial charge in [-0.1, -0.05) is 0 Å². The number of hydrogen-bond donors (Lipinski definition) is 1. The molecule has 2 fully saturated rings. The number of likely N-dealkylation sites (N-methyl/N-ethyl adjacent to an activating group) is 1. The Hall–Kier alpha value is -1.45. The van der Waals surface area contributed by atoms with E-state index in [2.05, 4.69) is 9.82 Å². The molecule has 0 saturated carbocycles. The van der Waals surface area contributed by atoms with Gasteiger partial charge in [0, 0.05) is 38.4 Å². The first kappa shape index (κ1) is 17.4. The van der Waals surface area contributed by atoms with E-state index in [-0.39, 0.29) is 5.91 Å². The third-order valence-electron chi connectivity index (χ3n) is 4.95. The third kappa shape index (κ3) is 3.07. The van der Waals surface area contributed by atoms with E-state index in [1.54, 1.807) is 9.58 Å². The van der Waals surface area contributed by atoms with Crippen molar-refractivity contribution >= 4 is 16.1 Å². The summed E-state index contributed by atoms with van der Waals surface area (Å²) in [6.45, 7) is 6.00. The molecule has 2 atom stereocenters. The van der Waals surface area contributed by atoms with Gasteiger partial charge in [-0.05, 0) is 33.1 Å². The highest BCUT2D eigenvalue weighted by Gasteiger charge is 2.43. The fourth-order valence-electron chi connectivity index (χ4n) is 3.48. The molecule has 3 rings (SSSR count). The van der Waals surface area contributed by atoms with E-state index in [1.807, 2.05) is 20.0 Å². The number of nitrogens with one attached hydrogen (secondary N) is 1. The summed E-state index contributed by atoms with van der Waals surface area (Å²) in [6.07, 6.45) is 4.25. The van der Waals surface area contributed by atoms with Crippen LogP contribution in [0.5, 0.6) is 0 Å². The van der Waals surface area contributed by atoms with Gasteiger partial charge in [-0.3, -0.25) is 9.48 Å². The van der Waals surface area contributed by atoms with Crippen molar-refractivity contribution in [1.82, 2.24) is 23.7 Å². The summed E-state index contributed by atoms with van der Waals surface area (Å²) in [7, 11) is -2.23. The Balaban J connectivity index is 1.89. The molecular formula is C15H25N5O3S. The molecule has 0 aliphatic carbocycles. The van der Waals surface area contributed by atoms with E-state index in [4.69, 9.17) is 0 Å². The van der Waals surface area contributed by atoms with Crippen LogP contribution in [0.15, 0.2) is 6.20 Å². The molecule has 8 nitrogen and oxygen atoms in total. The molecule has 1 amide bonds. The standard InChI is InChI=1S/C15H25N5O3S/c1-4-20-10-12(11(2)16-20)13-9-14(18(3)24(22,23)17-13)15(21)19-7-5-6-8-19/h10,13-14,17H,4-9H2,1-3H3/t13-,14-/m0/s1. The zero-order valence-electron chi connectivity index (χ0n) is 14.4. The molecular weight excluding hydrogens is 330 g/mol. The van der Waals surface area contributed by atoms with Crippen LogP contribution in [0.3, 0.4) is 0 Å². The molecule has 0 bridgehead atoms. The topological polar surface area (TPSA) is 87.5 Å². The molecule has 134 valence electrons. The van der Waals surface area contributed by atoms with Gasteiger partial charge in [-0.15, -0.1) is 0 Å². The molecule has 0 radical (unpaired) electrons. The van der Waals surface area contributed by atoms with Crippen LogP contribution in [0.4, 0.5) is 0 Å². The van der Waals surface area contributed by atoms with E-state index in [9.17, 15) is 13.2 Å². The fraction of sp³-hybridized carbons (Fsp3) is 0.733. The molecule has 2 aliphatic rings. The van der Waals surface area contributed by atoms with Gasteiger partial charge >= 0.3 is 0 Å².